The first-order chi connectivity index (χ1) is 10.2. The number of hydrogen-bond acceptors (Lipinski definition) is 4. The second-order valence-electron chi connectivity index (χ2n) is 7.32. The van der Waals surface area contributed by atoms with Crippen molar-refractivity contribution >= 4 is 33.4 Å². The molecule has 2 aliphatic heterocycles. The fourth-order valence-corrected chi connectivity index (χ4v) is 5.10. The van der Waals surface area contributed by atoms with E-state index >= 15 is 0 Å². The average molecular weight is 388 g/mol. The predicted molar refractivity (Wildman–Crippen MR) is 90.0 cm³/mol. The first-order valence-electron chi connectivity index (χ1n) is 7.67. The van der Waals surface area contributed by atoms with Gasteiger partial charge < -0.3 is 14.7 Å². The summed E-state index contributed by atoms with van der Waals surface area (Å²) in [6.45, 7) is 5.66. The molecule has 2 saturated heterocycles. The van der Waals surface area contributed by atoms with Crippen LogP contribution < -0.4 is 0 Å². The zero-order valence-electron chi connectivity index (χ0n) is 13.1. The van der Waals surface area contributed by atoms with Crippen molar-refractivity contribution in [2.75, 3.05) is 0 Å². The molecule has 3 heterocycles. The molecule has 1 amide bonds. The van der Waals surface area contributed by atoms with Crippen molar-refractivity contribution in [1.29, 1.82) is 0 Å². The Bertz CT molecular complexity index is 566. The molecule has 1 N–H and O–H groups in total. The number of thiophene rings is 1. The molecule has 4 nitrogen and oxygen atoms in total. The summed E-state index contributed by atoms with van der Waals surface area (Å²) in [6, 6.07) is 4.09. The number of fused-ring (bicyclic) bond motifs is 2. The second kappa shape index (κ2) is 5.49. The van der Waals surface area contributed by atoms with Crippen LogP contribution in [0, 0.1) is 0 Å². The van der Waals surface area contributed by atoms with Crippen LogP contribution in [0.5, 0.6) is 0 Å². The van der Waals surface area contributed by atoms with Crippen LogP contribution in [0.4, 0.5) is 4.79 Å². The summed E-state index contributed by atoms with van der Waals surface area (Å²) >= 11 is 5.04. The Labute approximate surface area is 143 Å². The Morgan fingerprint density at radius 3 is 2.41 bits per heavy atom. The van der Waals surface area contributed by atoms with E-state index in [1.165, 1.54) is 0 Å². The van der Waals surface area contributed by atoms with Gasteiger partial charge in [-0.2, -0.15) is 0 Å². The van der Waals surface area contributed by atoms with Crippen LogP contribution >= 0.6 is 27.3 Å². The van der Waals surface area contributed by atoms with Gasteiger partial charge in [0.1, 0.15) is 11.2 Å². The largest absolute Gasteiger partial charge is 0.444 e. The molecule has 0 aliphatic carbocycles. The molecule has 0 saturated carbocycles. The van der Waals surface area contributed by atoms with Crippen LogP contribution in [-0.2, 0) is 10.3 Å². The molecule has 3 rings (SSSR count). The van der Waals surface area contributed by atoms with Crippen LogP contribution in [-0.4, -0.2) is 33.8 Å². The lowest BCUT2D eigenvalue weighted by atomic mass is 9.85. The number of nitrogens with zero attached hydrogens (tertiary/aromatic N) is 1. The predicted octanol–water partition coefficient (Wildman–Crippen LogP) is 4.26. The molecule has 122 valence electrons. The monoisotopic (exact) mass is 387 g/mol. The fraction of sp³-hybridized carbons (Fsp3) is 0.688. The summed E-state index contributed by atoms with van der Waals surface area (Å²) in [5.74, 6) is 0. The standard InChI is InChI=1S/C16H22BrNO3S/c1-15(2,3)21-14(19)18-10-4-5-11(18)9-16(20,8-10)12-6-7-13(17)22-12/h6-7,10-11,20H,4-5,8-9H2,1-3H3. The first-order valence-corrected chi connectivity index (χ1v) is 9.28. The SMILES string of the molecule is CC(C)(C)OC(=O)N1C2CCC1CC(O)(c1ccc(Br)s1)C2. The lowest BCUT2D eigenvalue weighted by Crippen LogP contribution is -2.52. The van der Waals surface area contributed by atoms with E-state index in [1.807, 2.05) is 37.8 Å². The van der Waals surface area contributed by atoms with Gasteiger partial charge in [-0.3, -0.25) is 0 Å². The van der Waals surface area contributed by atoms with E-state index in [2.05, 4.69) is 15.9 Å². The molecule has 1 aromatic rings. The number of piperidine rings is 1. The van der Waals surface area contributed by atoms with Crippen LogP contribution in [0.25, 0.3) is 0 Å². The van der Waals surface area contributed by atoms with E-state index in [-0.39, 0.29) is 18.2 Å². The van der Waals surface area contributed by atoms with Gasteiger partial charge in [-0.15, -0.1) is 11.3 Å². The Morgan fingerprint density at radius 1 is 1.36 bits per heavy atom. The van der Waals surface area contributed by atoms with Gasteiger partial charge in [0.15, 0.2) is 0 Å². The highest BCUT2D eigenvalue weighted by Gasteiger charge is 2.51. The maximum absolute atomic E-state index is 12.4. The number of aliphatic hydroxyl groups is 1. The number of carbonyl (C=O) groups is 1. The maximum Gasteiger partial charge on any atom is 0.410 e. The number of ether oxygens (including phenoxy) is 1. The van der Waals surface area contributed by atoms with Gasteiger partial charge in [-0.25, -0.2) is 4.79 Å². The lowest BCUT2D eigenvalue weighted by molar-refractivity contribution is -0.0604. The topological polar surface area (TPSA) is 49.8 Å². The molecule has 2 fully saturated rings. The van der Waals surface area contributed by atoms with Crippen molar-refractivity contribution in [2.45, 2.75) is 69.7 Å². The third kappa shape index (κ3) is 3.05. The van der Waals surface area contributed by atoms with Crippen LogP contribution in [0.2, 0.25) is 0 Å². The zero-order chi connectivity index (χ0) is 16.1. The summed E-state index contributed by atoms with van der Waals surface area (Å²) in [5, 5.41) is 11.1. The lowest BCUT2D eigenvalue weighted by Gasteiger charge is -2.43. The Kier molecular flexibility index (Phi) is 4.06. The zero-order valence-corrected chi connectivity index (χ0v) is 15.5. The molecule has 0 spiro atoms. The minimum absolute atomic E-state index is 0.0690. The van der Waals surface area contributed by atoms with Gasteiger partial charge in [0.25, 0.3) is 0 Å². The molecule has 2 aliphatic rings. The highest BCUT2D eigenvalue weighted by Crippen LogP contribution is 2.48. The smallest absolute Gasteiger partial charge is 0.410 e. The van der Waals surface area contributed by atoms with Gasteiger partial charge in [-0.1, -0.05) is 0 Å². The molecule has 0 radical (unpaired) electrons. The van der Waals surface area contributed by atoms with Gasteiger partial charge in [-0.05, 0) is 61.7 Å². The van der Waals surface area contributed by atoms with Crippen LogP contribution in [0.3, 0.4) is 0 Å². The summed E-state index contributed by atoms with van der Waals surface area (Å²) < 4.78 is 6.56. The van der Waals surface area contributed by atoms with E-state index in [0.29, 0.717) is 12.8 Å². The third-order valence-electron chi connectivity index (χ3n) is 4.40. The first kappa shape index (κ1) is 16.3. The Hall–Kier alpha value is -0.590. The summed E-state index contributed by atoms with van der Waals surface area (Å²) in [7, 11) is 0. The minimum atomic E-state index is -0.818. The summed E-state index contributed by atoms with van der Waals surface area (Å²) in [4.78, 5) is 15.3. The highest BCUT2D eigenvalue weighted by atomic mass is 79.9. The van der Waals surface area contributed by atoms with Gasteiger partial charge in [0.05, 0.1) is 3.79 Å². The minimum Gasteiger partial charge on any atom is -0.444 e. The molecule has 6 heteroatoms. The number of hydrogen-bond donors (Lipinski definition) is 1. The highest BCUT2D eigenvalue weighted by molar-refractivity contribution is 9.11. The average Bonchev–Trinajstić information content (AvgIpc) is 2.91. The molecule has 2 atom stereocenters. The Balaban J connectivity index is 1.78. The Morgan fingerprint density at radius 2 is 1.95 bits per heavy atom. The van der Waals surface area contributed by atoms with Crippen molar-refractivity contribution in [3.63, 3.8) is 0 Å². The molecule has 0 aromatic carbocycles. The fourth-order valence-electron chi connectivity index (χ4n) is 3.60. The van der Waals surface area contributed by atoms with E-state index in [1.54, 1.807) is 11.3 Å². The summed E-state index contributed by atoms with van der Waals surface area (Å²) in [5.41, 5.74) is -1.30. The van der Waals surface area contributed by atoms with E-state index in [9.17, 15) is 9.90 Å². The quantitative estimate of drug-likeness (QED) is 0.782. The van der Waals surface area contributed by atoms with Crippen LogP contribution in [0.1, 0.15) is 51.3 Å². The van der Waals surface area contributed by atoms with Crippen molar-refractivity contribution in [3.05, 3.63) is 20.8 Å². The van der Waals surface area contributed by atoms with Crippen molar-refractivity contribution in [1.82, 2.24) is 4.90 Å². The van der Waals surface area contributed by atoms with Gasteiger partial charge in [0, 0.05) is 29.8 Å². The number of halogens is 1. The molecule has 2 bridgehead atoms. The third-order valence-corrected chi connectivity index (χ3v) is 6.22. The van der Waals surface area contributed by atoms with E-state index in [0.717, 1.165) is 21.5 Å². The van der Waals surface area contributed by atoms with Gasteiger partial charge in [0.2, 0.25) is 0 Å². The van der Waals surface area contributed by atoms with Crippen molar-refractivity contribution in [2.24, 2.45) is 0 Å². The number of amides is 1. The maximum atomic E-state index is 12.4. The molecule has 2 unspecified atom stereocenters. The van der Waals surface area contributed by atoms with Crippen molar-refractivity contribution < 1.29 is 14.6 Å². The number of rotatable bonds is 1. The molecule has 1 aromatic heterocycles. The van der Waals surface area contributed by atoms with Crippen LogP contribution in [0.15, 0.2) is 15.9 Å². The normalized spacial score (nSPS) is 31.4. The van der Waals surface area contributed by atoms with Gasteiger partial charge >= 0.3 is 6.09 Å². The second-order valence-corrected chi connectivity index (χ2v) is 9.78. The van der Waals surface area contributed by atoms with E-state index in [4.69, 9.17) is 4.74 Å². The van der Waals surface area contributed by atoms with E-state index < -0.39 is 11.2 Å². The van der Waals surface area contributed by atoms with Crippen molar-refractivity contribution in [3.8, 4) is 0 Å². The molecule has 22 heavy (non-hydrogen) atoms. The summed E-state index contributed by atoms with van der Waals surface area (Å²) in [6.07, 6.45) is 2.83. The number of carbonyl (C=O) groups excluding carboxylic acids is 1. The molecular weight excluding hydrogens is 366 g/mol. The molecular formula is C16H22BrNO3S.